The molecule has 0 bridgehead atoms. The highest BCUT2D eigenvalue weighted by molar-refractivity contribution is 8.00. The van der Waals surface area contributed by atoms with E-state index in [4.69, 9.17) is 28.0 Å². The molecule has 27 heteroatoms. The van der Waals surface area contributed by atoms with Crippen molar-refractivity contribution in [1.82, 2.24) is 20.4 Å². The lowest BCUT2D eigenvalue weighted by atomic mass is 10.1. The van der Waals surface area contributed by atoms with Crippen LogP contribution in [0.2, 0.25) is 0 Å². The third-order valence-electron chi connectivity index (χ3n) is 20.9. The monoisotopic (exact) mass is 1850 g/mol. The topological polar surface area (TPSA) is 210 Å². The molecule has 11 heterocycles. The summed E-state index contributed by atoms with van der Waals surface area (Å²) in [6, 6.07) is 52.9. The van der Waals surface area contributed by atoms with Crippen molar-refractivity contribution in [2.45, 2.75) is 133 Å². The van der Waals surface area contributed by atoms with Crippen LogP contribution in [0.4, 0.5) is 45.5 Å². The van der Waals surface area contributed by atoms with E-state index in [1.165, 1.54) is 134 Å². The standard InChI is InChI=1S/C19H24N4S2.C19H25N3S2.C19H24N2S2.C18H24N4S2.C17H22N4S2.4CH4/c20-19(18-4-3-12-24-18)21-15-5-6-17-16(14-15)23(11-13-25-17)10-9-22-7-1-2-8-22;1-21(2)8-4-9-22-10-12-24-19-14-15(6-7-17(19)22)13-16(20)18-5-3-11-23-18;1-2-3-4-9-21-10-12-23-19-14-15(7-8-17(19)21)13-16(20)18-6-5-11-22-18;1-2-7-20-8-9-22-10-12-24-16-6-5-14(13-15(16)22)21-18(19)17-4-3-11-23-17;1-2-19-7-8-21-9-11-23-15-6-5-13(12-14(15)21)20-17(18)16-4-3-10-22-16;;;;/h3-6,12,14H,1-2,7-11,13H2,(H2,20,21);3,5-7,11,14,20H,4,8-10,12-13H2,1-2H3;5-8,11,14,20H,2-4,9-10,12-13H2,1H3;3-6,11,13,20H,2,7-10,12H2,1H3,(H2,19,21);3-6,10,12,19H,2,7-9,11H2,1H3,(H2,18,20);4*1H4. The van der Waals surface area contributed by atoms with Gasteiger partial charge >= 0.3 is 0 Å². The third-order valence-corrected chi connectivity index (χ3v) is 30.6. The zero-order valence-electron chi connectivity index (χ0n) is 69.7. The molecule has 6 aliphatic heterocycles. The first kappa shape index (κ1) is 101. The number of likely N-dealkylation sites (tertiary alicyclic amines) is 1. The average molecular weight is 1850 g/mol. The number of benzene rings is 5. The van der Waals surface area contributed by atoms with Crippen LogP contribution in [0.3, 0.4) is 0 Å². The van der Waals surface area contributed by atoms with E-state index in [0.717, 1.165) is 181 Å². The summed E-state index contributed by atoms with van der Waals surface area (Å²) >= 11 is 17.9. The Balaban J connectivity index is 0.000000189. The Morgan fingerprint density at radius 1 is 0.374 bits per heavy atom. The SMILES string of the molecule is C.C.C.C.CCCCCN1CCSc2cc(CC(=N)c3cccs3)ccc21.CCCNCCN1CCSc2ccc(N=C(N)c3cccs3)cc21.CCNCCN1CCSc2ccc(N=C(N)c3cccs3)cc21.CN(C)CCCN1CCSc2cc(CC(=N)c3cccs3)ccc21.NC(=Nc1ccc2c(c1)N(CCN1CCCC1)CCS2)c1cccs1. The van der Waals surface area contributed by atoms with Crippen molar-refractivity contribution in [3.05, 3.63) is 214 Å². The second kappa shape index (κ2) is 54.2. The maximum absolute atomic E-state index is 8.28. The van der Waals surface area contributed by atoms with Gasteiger partial charge in [-0.1, -0.05) is 106 Å². The van der Waals surface area contributed by atoms with Crippen LogP contribution < -0.4 is 52.3 Å². The van der Waals surface area contributed by atoms with Crippen LogP contribution in [-0.4, -0.2) is 199 Å². The zero-order chi connectivity index (χ0) is 82.9. The molecule has 16 rings (SSSR count). The van der Waals surface area contributed by atoms with Crippen LogP contribution in [0.25, 0.3) is 0 Å². The van der Waals surface area contributed by atoms with Gasteiger partial charge < -0.3 is 73.0 Å². The maximum Gasteiger partial charge on any atom is 0.141 e. The summed E-state index contributed by atoms with van der Waals surface area (Å²) in [5, 5.41) is 33.6. The minimum Gasteiger partial charge on any atom is -0.383 e. The number of fused-ring (bicyclic) bond motifs is 5. The molecule has 5 aromatic heterocycles. The van der Waals surface area contributed by atoms with E-state index in [-0.39, 0.29) is 29.7 Å². The largest absolute Gasteiger partial charge is 0.383 e. The molecule has 0 saturated carbocycles. The molecule has 17 nitrogen and oxygen atoms in total. The van der Waals surface area contributed by atoms with Crippen LogP contribution in [0.1, 0.15) is 131 Å². The second-order valence-electron chi connectivity index (χ2n) is 29.9. The quantitative estimate of drug-likeness (QED) is 0.0119. The fraction of sp³-hybridized carbons (Fsp3) is 0.427. The summed E-state index contributed by atoms with van der Waals surface area (Å²) in [5.41, 5.74) is 31.8. The number of aliphatic imine (C=N–C) groups is 3. The molecular formula is C96H135N17S10. The Hall–Kier alpha value is -7.06. The zero-order valence-corrected chi connectivity index (χ0v) is 77.9. The lowest BCUT2D eigenvalue weighted by Gasteiger charge is -2.32. The van der Waals surface area contributed by atoms with Crippen LogP contribution >= 0.6 is 115 Å². The number of rotatable bonds is 32. The Bertz CT molecular complexity index is 4810. The molecule has 0 atom stereocenters. The van der Waals surface area contributed by atoms with Gasteiger partial charge in [-0.15, -0.1) is 115 Å². The maximum atomic E-state index is 8.28. The minimum atomic E-state index is 0. The van der Waals surface area contributed by atoms with Crippen LogP contribution in [0.15, 0.2) is 218 Å². The van der Waals surface area contributed by atoms with Crippen molar-refractivity contribution in [1.29, 1.82) is 10.8 Å². The highest BCUT2D eigenvalue weighted by Crippen LogP contribution is 2.42. The normalized spacial score (nSPS) is 14.7. The summed E-state index contributed by atoms with van der Waals surface area (Å²) in [5.74, 6) is 7.53. The minimum absolute atomic E-state index is 0. The molecular weight excluding hydrogens is 1710 g/mol. The molecule has 0 spiro atoms. The number of thiophene rings is 5. The van der Waals surface area contributed by atoms with Gasteiger partial charge in [0, 0.05) is 161 Å². The third kappa shape index (κ3) is 31.2. The van der Waals surface area contributed by atoms with E-state index in [9.17, 15) is 0 Å². The van der Waals surface area contributed by atoms with Crippen molar-refractivity contribution >= 4 is 190 Å². The molecule has 6 aliphatic rings. The number of unbranched alkanes of at least 4 members (excludes halogenated alkanes) is 2. The van der Waals surface area contributed by atoms with Gasteiger partial charge in [0.25, 0.3) is 0 Å². The van der Waals surface area contributed by atoms with Crippen molar-refractivity contribution < 1.29 is 0 Å². The molecule has 123 heavy (non-hydrogen) atoms. The summed E-state index contributed by atoms with van der Waals surface area (Å²) in [6.45, 7) is 26.5. The van der Waals surface area contributed by atoms with Gasteiger partial charge in [-0.2, -0.15) is 0 Å². The summed E-state index contributed by atoms with van der Waals surface area (Å²) in [7, 11) is 4.27. The Morgan fingerprint density at radius 2 is 0.740 bits per heavy atom. The van der Waals surface area contributed by atoms with E-state index < -0.39 is 0 Å². The molecule has 5 aromatic carbocycles. The van der Waals surface area contributed by atoms with Gasteiger partial charge in [0.1, 0.15) is 17.5 Å². The summed E-state index contributed by atoms with van der Waals surface area (Å²) in [4.78, 5) is 43.2. The lowest BCUT2D eigenvalue weighted by molar-refractivity contribution is 0.345. The molecule has 0 amide bonds. The highest BCUT2D eigenvalue weighted by Gasteiger charge is 2.25. The summed E-state index contributed by atoms with van der Waals surface area (Å²) in [6.07, 6.45) is 10.4. The number of likely N-dealkylation sites (N-methyl/N-ethyl adjacent to an activating group) is 1. The van der Waals surface area contributed by atoms with Crippen molar-refractivity contribution in [2.24, 2.45) is 32.2 Å². The number of amidine groups is 3. The van der Waals surface area contributed by atoms with Crippen LogP contribution in [-0.2, 0) is 12.8 Å². The molecule has 1 fully saturated rings. The van der Waals surface area contributed by atoms with Gasteiger partial charge in [-0.05, 0) is 226 Å². The van der Waals surface area contributed by atoms with E-state index in [1.807, 2.05) is 146 Å². The Morgan fingerprint density at radius 3 is 1.11 bits per heavy atom. The first-order chi connectivity index (χ1) is 58.2. The van der Waals surface area contributed by atoms with Gasteiger partial charge in [-0.3, -0.25) is 0 Å². The second-order valence-corrected chi connectivity index (χ2v) is 40.4. The average Bonchev–Trinajstić information content (AvgIpc) is 1.16. The fourth-order valence-corrected chi connectivity index (χ4v) is 23.2. The Kier molecular flexibility index (Phi) is 44.6. The molecule has 664 valence electrons. The molecule has 0 unspecified atom stereocenters. The predicted octanol–water partition coefficient (Wildman–Crippen LogP) is 23.0. The van der Waals surface area contributed by atoms with E-state index in [2.05, 4.69) is 186 Å². The molecule has 0 radical (unpaired) electrons. The van der Waals surface area contributed by atoms with Crippen LogP contribution in [0.5, 0.6) is 0 Å². The number of nitrogens with zero attached hydrogens (tertiary/aromatic N) is 10. The number of nitrogens with one attached hydrogen (secondary N) is 4. The molecule has 1 saturated heterocycles. The predicted molar refractivity (Wildman–Crippen MR) is 558 cm³/mol. The van der Waals surface area contributed by atoms with E-state index in [0.29, 0.717) is 23.2 Å². The number of anilines is 5. The van der Waals surface area contributed by atoms with E-state index >= 15 is 0 Å². The van der Waals surface area contributed by atoms with Crippen LogP contribution in [0, 0.1) is 10.8 Å². The van der Waals surface area contributed by atoms with Gasteiger partial charge in [0.2, 0.25) is 0 Å². The lowest BCUT2D eigenvalue weighted by Crippen LogP contribution is -2.36. The number of hydrogen-bond donors (Lipinski definition) is 7. The molecule has 10 aromatic rings. The summed E-state index contributed by atoms with van der Waals surface area (Å²) < 4.78 is 0. The molecule has 10 N–H and O–H groups in total. The highest BCUT2D eigenvalue weighted by atomic mass is 32.2. The first-order valence-corrected chi connectivity index (χ1v) is 51.3. The number of nitrogens with two attached hydrogens (primary N) is 3. The molecule has 0 aliphatic carbocycles. The number of thioether (sulfide) groups is 5. The van der Waals surface area contributed by atoms with Crippen molar-refractivity contribution in [3.8, 4) is 0 Å². The fourth-order valence-electron chi connectivity index (χ4n) is 14.7. The van der Waals surface area contributed by atoms with Gasteiger partial charge in [0.15, 0.2) is 0 Å². The van der Waals surface area contributed by atoms with E-state index in [1.54, 1.807) is 56.7 Å². The van der Waals surface area contributed by atoms with Crippen molar-refractivity contribution in [3.63, 3.8) is 0 Å². The smallest absolute Gasteiger partial charge is 0.141 e. The number of hydrogen-bond acceptors (Lipinski definition) is 24. The Labute approximate surface area is 778 Å². The first-order valence-electron chi connectivity index (χ1n) is 42.0. The van der Waals surface area contributed by atoms with Gasteiger partial charge in [-0.25, -0.2) is 15.0 Å². The van der Waals surface area contributed by atoms with Gasteiger partial charge in [0.05, 0.1) is 71.6 Å². The van der Waals surface area contributed by atoms with Crippen molar-refractivity contribution in [2.75, 3.05) is 185 Å².